The van der Waals surface area contributed by atoms with Crippen LogP contribution >= 0.6 is 11.8 Å². The van der Waals surface area contributed by atoms with Gasteiger partial charge in [-0.05, 0) is 18.4 Å². The van der Waals surface area contributed by atoms with Crippen molar-refractivity contribution in [1.29, 1.82) is 0 Å². The largest absolute Gasteiger partial charge is 0.253 e. The van der Waals surface area contributed by atoms with Crippen LogP contribution in [-0.4, -0.2) is 15.5 Å². The van der Waals surface area contributed by atoms with Gasteiger partial charge in [0.15, 0.2) is 0 Å². The van der Waals surface area contributed by atoms with Gasteiger partial charge < -0.3 is 0 Å². The summed E-state index contributed by atoms with van der Waals surface area (Å²) in [6.07, 6.45) is 1.96. The lowest BCUT2D eigenvalue weighted by atomic mass is 10.4. The molecule has 0 fully saturated rings. The molecule has 3 heteroatoms. The molecule has 0 N–H and O–H groups in total. The van der Waals surface area contributed by atoms with Crippen molar-refractivity contribution in [3.63, 3.8) is 0 Å². The fourth-order valence-corrected chi connectivity index (χ4v) is 2.61. The summed E-state index contributed by atoms with van der Waals surface area (Å²) in [6.45, 7) is 0. The van der Waals surface area contributed by atoms with Crippen molar-refractivity contribution in [3.8, 4) is 0 Å². The molecule has 1 aromatic carbocycles. The standard InChI is InChI=1S/C8H10OS2/c1-10-7-11(9)8-5-3-2-4-6-8/h2-6H,7H2,1H3. The fourth-order valence-electron chi connectivity index (χ4n) is 0.747. The molecule has 0 heterocycles. The molecule has 0 amide bonds. The monoisotopic (exact) mass is 186 g/mol. The lowest BCUT2D eigenvalue weighted by molar-refractivity contribution is 0.686. The maximum absolute atomic E-state index is 11.3. The van der Waals surface area contributed by atoms with Crippen LogP contribution in [0, 0.1) is 0 Å². The average Bonchev–Trinajstić information content (AvgIpc) is 2.07. The molecule has 60 valence electrons. The third kappa shape index (κ3) is 2.67. The van der Waals surface area contributed by atoms with Gasteiger partial charge >= 0.3 is 0 Å². The molecule has 0 aliphatic rings. The molecule has 1 unspecified atom stereocenters. The first-order valence-electron chi connectivity index (χ1n) is 3.27. The van der Waals surface area contributed by atoms with Gasteiger partial charge in [0.1, 0.15) is 0 Å². The summed E-state index contributed by atoms with van der Waals surface area (Å²) in [5.74, 6) is 0. The summed E-state index contributed by atoms with van der Waals surface area (Å²) in [5.41, 5.74) is 0. The lowest BCUT2D eigenvalue weighted by Gasteiger charge is -1.97. The van der Waals surface area contributed by atoms with Crippen LogP contribution in [0.5, 0.6) is 0 Å². The summed E-state index contributed by atoms with van der Waals surface area (Å²) in [6, 6.07) is 9.54. The van der Waals surface area contributed by atoms with Crippen molar-refractivity contribution in [1.82, 2.24) is 0 Å². The van der Waals surface area contributed by atoms with E-state index in [0.29, 0.717) is 5.08 Å². The molecule has 0 aliphatic heterocycles. The second-order valence-corrected chi connectivity index (χ2v) is 4.75. The number of rotatable bonds is 3. The van der Waals surface area contributed by atoms with E-state index in [1.807, 2.05) is 36.6 Å². The van der Waals surface area contributed by atoms with Crippen molar-refractivity contribution in [3.05, 3.63) is 30.3 Å². The minimum absolute atomic E-state index is 0.685. The first kappa shape index (κ1) is 8.81. The Balaban J connectivity index is 2.69. The van der Waals surface area contributed by atoms with Gasteiger partial charge in [-0.2, -0.15) is 11.8 Å². The second-order valence-electron chi connectivity index (χ2n) is 2.07. The maximum atomic E-state index is 11.3. The van der Waals surface area contributed by atoms with Gasteiger partial charge in [0.2, 0.25) is 0 Å². The Hall–Kier alpha value is -0.280. The Morgan fingerprint density at radius 1 is 1.36 bits per heavy atom. The predicted molar refractivity (Wildman–Crippen MR) is 51.2 cm³/mol. The molecule has 0 bridgehead atoms. The second kappa shape index (κ2) is 4.57. The van der Waals surface area contributed by atoms with Gasteiger partial charge in [-0.15, -0.1) is 0 Å². The summed E-state index contributed by atoms with van der Waals surface area (Å²) in [4.78, 5) is 0.918. The first-order valence-corrected chi connectivity index (χ1v) is 5.98. The van der Waals surface area contributed by atoms with Crippen LogP contribution in [0.4, 0.5) is 0 Å². The Labute approximate surface area is 73.7 Å². The fraction of sp³-hybridized carbons (Fsp3) is 0.250. The van der Waals surface area contributed by atoms with Gasteiger partial charge in [0, 0.05) is 4.90 Å². The molecule has 0 aliphatic carbocycles. The van der Waals surface area contributed by atoms with E-state index in [1.54, 1.807) is 11.8 Å². The summed E-state index contributed by atoms with van der Waals surface area (Å²) in [5, 5.41) is 0.685. The van der Waals surface area contributed by atoms with E-state index in [9.17, 15) is 4.21 Å². The van der Waals surface area contributed by atoms with Crippen LogP contribution in [0.15, 0.2) is 35.2 Å². The smallest absolute Gasteiger partial charge is 0.0736 e. The van der Waals surface area contributed by atoms with Crippen molar-refractivity contribution in [2.45, 2.75) is 4.90 Å². The molecule has 11 heavy (non-hydrogen) atoms. The normalized spacial score (nSPS) is 12.8. The zero-order chi connectivity index (χ0) is 8.10. The van der Waals surface area contributed by atoms with Gasteiger partial charge in [0.25, 0.3) is 0 Å². The van der Waals surface area contributed by atoms with Crippen LogP contribution in [0.3, 0.4) is 0 Å². The van der Waals surface area contributed by atoms with Crippen LogP contribution in [0.25, 0.3) is 0 Å². The zero-order valence-corrected chi connectivity index (χ0v) is 7.95. The SMILES string of the molecule is CSCS(=O)c1ccccc1. The van der Waals surface area contributed by atoms with E-state index in [4.69, 9.17) is 0 Å². The number of hydrogen-bond acceptors (Lipinski definition) is 2. The predicted octanol–water partition coefficient (Wildman–Crippen LogP) is 2.11. The van der Waals surface area contributed by atoms with Crippen molar-refractivity contribution < 1.29 is 4.21 Å². The van der Waals surface area contributed by atoms with Crippen molar-refractivity contribution in [2.75, 3.05) is 11.3 Å². The Morgan fingerprint density at radius 2 is 2.00 bits per heavy atom. The molecule has 0 saturated carbocycles. The highest BCUT2D eigenvalue weighted by Crippen LogP contribution is 2.08. The minimum Gasteiger partial charge on any atom is -0.253 e. The van der Waals surface area contributed by atoms with E-state index >= 15 is 0 Å². The summed E-state index contributed by atoms with van der Waals surface area (Å²) < 4.78 is 11.3. The van der Waals surface area contributed by atoms with Gasteiger partial charge in [0.05, 0.1) is 15.9 Å². The highest BCUT2D eigenvalue weighted by molar-refractivity contribution is 8.09. The Kier molecular flexibility index (Phi) is 3.66. The molecular weight excluding hydrogens is 176 g/mol. The number of hydrogen-bond donors (Lipinski definition) is 0. The zero-order valence-electron chi connectivity index (χ0n) is 6.32. The van der Waals surface area contributed by atoms with Crippen molar-refractivity contribution in [2.24, 2.45) is 0 Å². The van der Waals surface area contributed by atoms with E-state index in [-0.39, 0.29) is 0 Å². The lowest BCUT2D eigenvalue weighted by Crippen LogP contribution is -1.92. The summed E-state index contributed by atoms with van der Waals surface area (Å²) in [7, 11) is -0.820. The summed E-state index contributed by atoms with van der Waals surface area (Å²) >= 11 is 1.60. The highest BCUT2D eigenvalue weighted by atomic mass is 32.2. The van der Waals surface area contributed by atoms with Gasteiger partial charge in [-0.25, -0.2) is 0 Å². The van der Waals surface area contributed by atoms with Gasteiger partial charge in [-0.1, -0.05) is 18.2 Å². The van der Waals surface area contributed by atoms with E-state index < -0.39 is 10.8 Å². The molecule has 0 saturated heterocycles. The van der Waals surface area contributed by atoms with E-state index in [1.165, 1.54) is 0 Å². The molecule has 1 atom stereocenters. The quantitative estimate of drug-likeness (QED) is 0.719. The molecular formula is C8H10OS2. The Morgan fingerprint density at radius 3 is 2.55 bits per heavy atom. The molecule has 0 spiro atoms. The van der Waals surface area contributed by atoms with E-state index in [0.717, 1.165) is 4.90 Å². The van der Waals surface area contributed by atoms with Gasteiger partial charge in [-0.3, -0.25) is 4.21 Å². The average molecular weight is 186 g/mol. The highest BCUT2D eigenvalue weighted by Gasteiger charge is 1.99. The minimum atomic E-state index is -0.820. The molecule has 1 nitrogen and oxygen atoms in total. The molecule has 1 aromatic rings. The molecule has 0 aromatic heterocycles. The first-order chi connectivity index (χ1) is 5.34. The number of thioether (sulfide) groups is 1. The van der Waals surface area contributed by atoms with E-state index in [2.05, 4.69) is 0 Å². The number of benzene rings is 1. The topological polar surface area (TPSA) is 17.1 Å². The van der Waals surface area contributed by atoms with Crippen molar-refractivity contribution >= 4 is 22.6 Å². The van der Waals surface area contributed by atoms with Crippen LogP contribution in [0.1, 0.15) is 0 Å². The maximum Gasteiger partial charge on any atom is 0.0736 e. The third-order valence-corrected chi connectivity index (χ3v) is 3.83. The Bertz CT molecular complexity index is 233. The molecule has 0 radical (unpaired) electrons. The third-order valence-electron chi connectivity index (χ3n) is 1.23. The van der Waals surface area contributed by atoms with Crippen LogP contribution in [-0.2, 0) is 10.8 Å². The van der Waals surface area contributed by atoms with Crippen LogP contribution in [0.2, 0.25) is 0 Å². The van der Waals surface area contributed by atoms with Crippen LogP contribution < -0.4 is 0 Å². The molecule has 1 rings (SSSR count).